The fourth-order valence-electron chi connectivity index (χ4n) is 2.41. The van der Waals surface area contributed by atoms with Gasteiger partial charge in [-0.25, -0.2) is 9.97 Å². The van der Waals surface area contributed by atoms with E-state index < -0.39 is 0 Å². The van der Waals surface area contributed by atoms with Crippen LogP contribution in [0.25, 0.3) is 0 Å². The number of carbonyl (C=O) groups is 1. The highest BCUT2D eigenvalue weighted by atomic mass is 35.5. The Labute approximate surface area is 157 Å². The van der Waals surface area contributed by atoms with Crippen molar-refractivity contribution < 1.29 is 4.79 Å². The topological polar surface area (TPSA) is 66.9 Å². The second-order valence-corrected chi connectivity index (χ2v) is 6.39. The fourth-order valence-corrected chi connectivity index (χ4v) is 2.61. The summed E-state index contributed by atoms with van der Waals surface area (Å²) in [6, 6.07) is 16.8. The predicted octanol–water partition coefficient (Wildman–Crippen LogP) is 4.61. The number of nitrogens with one attached hydrogen (secondary N) is 2. The average Bonchev–Trinajstić information content (AvgIpc) is 2.62. The number of hydrogen-bond donors (Lipinski definition) is 2. The summed E-state index contributed by atoms with van der Waals surface area (Å²) in [5, 5.41) is 6.64. The van der Waals surface area contributed by atoms with Gasteiger partial charge in [0.05, 0.1) is 0 Å². The summed E-state index contributed by atoms with van der Waals surface area (Å²) < 4.78 is 0. The van der Waals surface area contributed by atoms with Crippen molar-refractivity contribution in [1.82, 2.24) is 9.97 Å². The lowest BCUT2D eigenvalue weighted by Gasteiger charge is -2.10. The molecule has 1 amide bonds. The van der Waals surface area contributed by atoms with Crippen LogP contribution < -0.4 is 10.6 Å². The maximum Gasteiger partial charge on any atom is 0.274 e. The molecule has 0 fully saturated rings. The van der Waals surface area contributed by atoms with E-state index in [0.717, 1.165) is 16.8 Å². The van der Waals surface area contributed by atoms with Gasteiger partial charge in [-0.1, -0.05) is 47.5 Å². The molecule has 132 valence electrons. The van der Waals surface area contributed by atoms with Crippen LogP contribution in [0, 0.1) is 13.8 Å². The Hall–Kier alpha value is -2.92. The van der Waals surface area contributed by atoms with Gasteiger partial charge >= 0.3 is 0 Å². The van der Waals surface area contributed by atoms with Crippen LogP contribution in [0.3, 0.4) is 0 Å². The van der Waals surface area contributed by atoms with Gasteiger partial charge in [0.1, 0.15) is 5.69 Å². The molecule has 0 saturated heterocycles. The van der Waals surface area contributed by atoms with Crippen molar-refractivity contribution in [2.45, 2.75) is 20.4 Å². The molecular formula is C20H19ClN4O. The van der Waals surface area contributed by atoms with Crippen LogP contribution in [-0.2, 0) is 6.54 Å². The number of carbonyl (C=O) groups excluding carboxylic acids is 1. The van der Waals surface area contributed by atoms with Crippen molar-refractivity contribution in [2.24, 2.45) is 0 Å². The Balaban J connectivity index is 1.73. The maximum atomic E-state index is 12.5. The smallest absolute Gasteiger partial charge is 0.274 e. The summed E-state index contributed by atoms with van der Waals surface area (Å²) in [5.74, 6) is 0.110. The van der Waals surface area contributed by atoms with Crippen LogP contribution >= 0.6 is 11.6 Å². The molecule has 2 aromatic carbocycles. The summed E-state index contributed by atoms with van der Waals surface area (Å²) >= 11 is 6.16. The first-order valence-corrected chi connectivity index (χ1v) is 8.60. The van der Waals surface area contributed by atoms with Crippen molar-refractivity contribution in [3.05, 3.63) is 82.1 Å². The summed E-state index contributed by atoms with van der Waals surface area (Å²) in [6.07, 6.45) is 0. The summed E-state index contributed by atoms with van der Waals surface area (Å²) in [5.41, 5.74) is 3.80. The van der Waals surface area contributed by atoms with Gasteiger partial charge in [0.25, 0.3) is 5.91 Å². The third-order valence-electron chi connectivity index (χ3n) is 3.79. The molecule has 26 heavy (non-hydrogen) atoms. The summed E-state index contributed by atoms with van der Waals surface area (Å²) in [4.78, 5) is 21.1. The van der Waals surface area contributed by atoms with E-state index in [0.29, 0.717) is 28.9 Å². The highest BCUT2D eigenvalue weighted by Crippen LogP contribution is 2.16. The van der Waals surface area contributed by atoms with E-state index in [1.54, 1.807) is 6.07 Å². The lowest BCUT2D eigenvalue weighted by molar-refractivity contribution is 0.102. The predicted molar refractivity (Wildman–Crippen MR) is 105 cm³/mol. The van der Waals surface area contributed by atoms with Crippen LogP contribution in [0.5, 0.6) is 0 Å². The molecule has 0 aliphatic heterocycles. The van der Waals surface area contributed by atoms with E-state index >= 15 is 0 Å². The van der Waals surface area contributed by atoms with Crippen molar-refractivity contribution in [3.8, 4) is 0 Å². The van der Waals surface area contributed by atoms with E-state index in [1.807, 2.05) is 62.4 Å². The largest absolute Gasteiger partial charge is 0.350 e. The zero-order valence-corrected chi connectivity index (χ0v) is 15.3. The number of amides is 1. The number of benzene rings is 2. The number of nitrogens with zero attached hydrogens (tertiary/aromatic N) is 2. The van der Waals surface area contributed by atoms with Gasteiger partial charge in [0.15, 0.2) is 0 Å². The minimum Gasteiger partial charge on any atom is -0.350 e. The Morgan fingerprint density at radius 1 is 1.04 bits per heavy atom. The van der Waals surface area contributed by atoms with Crippen LogP contribution in [0.4, 0.5) is 11.6 Å². The molecule has 6 heteroatoms. The Kier molecular flexibility index (Phi) is 5.49. The first kappa shape index (κ1) is 17.9. The van der Waals surface area contributed by atoms with E-state index in [2.05, 4.69) is 20.6 Å². The zero-order valence-electron chi connectivity index (χ0n) is 14.6. The fraction of sp³-hybridized carbons (Fsp3) is 0.150. The van der Waals surface area contributed by atoms with Gasteiger partial charge in [-0.2, -0.15) is 0 Å². The van der Waals surface area contributed by atoms with Gasteiger partial charge in [-0.05, 0) is 43.7 Å². The molecule has 0 atom stereocenters. The number of aromatic nitrogens is 2. The number of halogens is 1. The number of hydrogen-bond acceptors (Lipinski definition) is 4. The van der Waals surface area contributed by atoms with E-state index in [1.165, 1.54) is 0 Å². The van der Waals surface area contributed by atoms with Gasteiger partial charge in [-0.15, -0.1) is 0 Å². The molecule has 0 unspecified atom stereocenters. The Morgan fingerprint density at radius 3 is 2.50 bits per heavy atom. The average molecular weight is 367 g/mol. The minimum absolute atomic E-state index is 0.278. The molecule has 0 saturated carbocycles. The van der Waals surface area contributed by atoms with Crippen molar-refractivity contribution >= 4 is 29.1 Å². The monoisotopic (exact) mass is 366 g/mol. The molecule has 5 nitrogen and oxygen atoms in total. The Bertz CT molecular complexity index is 925. The first-order chi connectivity index (χ1) is 12.5. The second kappa shape index (κ2) is 7.97. The molecule has 1 heterocycles. The van der Waals surface area contributed by atoms with E-state index in [4.69, 9.17) is 11.6 Å². The summed E-state index contributed by atoms with van der Waals surface area (Å²) in [7, 11) is 0. The Morgan fingerprint density at radius 2 is 1.77 bits per heavy atom. The molecule has 1 aromatic heterocycles. The molecule has 3 aromatic rings. The molecule has 3 rings (SSSR count). The zero-order chi connectivity index (χ0) is 18.5. The maximum absolute atomic E-state index is 12.5. The molecule has 0 aliphatic carbocycles. The van der Waals surface area contributed by atoms with Crippen LogP contribution in [0.1, 0.15) is 27.3 Å². The normalized spacial score (nSPS) is 10.4. The highest BCUT2D eigenvalue weighted by molar-refractivity contribution is 6.31. The second-order valence-electron chi connectivity index (χ2n) is 5.98. The van der Waals surface area contributed by atoms with E-state index in [-0.39, 0.29) is 5.91 Å². The van der Waals surface area contributed by atoms with Gasteiger partial charge in [0, 0.05) is 22.9 Å². The third-order valence-corrected chi connectivity index (χ3v) is 4.16. The number of aryl methyl sites for hydroxylation is 2. The first-order valence-electron chi connectivity index (χ1n) is 8.22. The van der Waals surface area contributed by atoms with Crippen LogP contribution in [0.15, 0.2) is 54.6 Å². The summed E-state index contributed by atoms with van der Waals surface area (Å²) in [6.45, 7) is 4.30. The lowest BCUT2D eigenvalue weighted by Crippen LogP contribution is -2.16. The van der Waals surface area contributed by atoms with Crippen LogP contribution in [0.2, 0.25) is 5.02 Å². The molecule has 2 N–H and O–H groups in total. The number of rotatable bonds is 5. The minimum atomic E-state index is -0.278. The lowest BCUT2D eigenvalue weighted by atomic mass is 10.2. The number of anilines is 2. The third kappa shape index (κ3) is 4.58. The van der Waals surface area contributed by atoms with Gasteiger partial charge in [-0.3, -0.25) is 4.79 Å². The van der Waals surface area contributed by atoms with Gasteiger partial charge in [0.2, 0.25) is 5.95 Å². The molecule has 0 aliphatic rings. The van der Waals surface area contributed by atoms with Crippen molar-refractivity contribution in [1.29, 1.82) is 0 Å². The van der Waals surface area contributed by atoms with E-state index in [9.17, 15) is 4.79 Å². The molecule has 0 radical (unpaired) electrons. The highest BCUT2D eigenvalue weighted by Gasteiger charge is 2.11. The molecule has 0 bridgehead atoms. The quantitative estimate of drug-likeness (QED) is 0.691. The standard InChI is InChI=1S/C20H19ClN4O/c1-13-7-9-16(10-8-13)24-19(26)18-11-14(2)23-20(25-18)22-12-15-5-3-4-6-17(15)21/h3-11H,12H2,1-2H3,(H,24,26)(H,22,23,25). The van der Waals surface area contributed by atoms with Crippen molar-refractivity contribution in [2.75, 3.05) is 10.6 Å². The van der Waals surface area contributed by atoms with Crippen LogP contribution in [-0.4, -0.2) is 15.9 Å². The van der Waals surface area contributed by atoms with Gasteiger partial charge < -0.3 is 10.6 Å². The molecular weight excluding hydrogens is 348 g/mol. The van der Waals surface area contributed by atoms with Crippen molar-refractivity contribution in [3.63, 3.8) is 0 Å². The molecule has 0 spiro atoms. The SMILES string of the molecule is Cc1ccc(NC(=O)c2cc(C)nc(NCc3ccccc3Cl)n2)cc1.